The van der Waals surface area contributed by atoms with Crippen LogP contribution in [0.3, 0.4) is 0 Å². The number of Topliss-reactive ketones (excluding diaryl/α,β-unsaturated/α-hetero) is 1. The molecular weight excluding hydrogens is 622 g/mol. The average molecular weight is 668 g/mol. The molecule has 258 valence electrons. The highest BCUT2D eigenvalue weighted by atomic mass is 16.5. The molecule has 7 rings (SSSR count). The number of imidazole rings is 1. The Morgan fingerprint density at radius 2 is 1.92 bits per heavy atom. The van der Waals surface area contributed by atoms with Crippen LogP contribution in [0, 0.1) is 34.0 Å². The second-order valence-electron chi connectivity index (χ2n) is 15.1. The summed E-state index contributed by atoms with van der Waals surface area (Å²) in [6.45, 7) is 12.9. The Bertz CT molecular complexity index is 1940. The Labute approximate surface area is 285 Å². The van der Waals surface area contributed by atoms with Crippen molar-refractivity contribution in [3.63, 3.8) is 0 Å². The number of benzene rings is 1. The van der Waals surface area contributed by atoms with Gasteiger partial charge in [-0.15, -0.1) is 11.7 Å². The number of nitrogens with zero attached hydrogens (tertiary/aromatic N) is 7. The van der Waals surface area contributed by atoms with E-state index in [9.17, 15) is 14.7 Å². The molecule has 4 aromatic rings. The van der Waals surface area contributed by atoms with E-state index in [1.165, 1.54) is 4.68 Å². The van der Waals surface area contributed by atoms with Crippen LogP contribution in [0.25, 0.3) is 22.4 Å². The number of nitrogens with two attached hydrogens (primary N) is 2. The second kappa shape index (κ2) is 11.7. The van der Waals surface area contributed by atoms with Crippen molar-refractivity contribution in [2.45, 2.75) is 85.1 Å². The van der Waals surface area contributed by atoms with Crippen LogP contribution >= 0.6 is 0 Å². The standard InChI is InChI=1S/C36H45N9O4/c1-6-34(4)15-26(35(5)20(2)11-13-36(21(3)30(34)48)14-12-25(46)29(35)36)49-27(47)18-45-17-24(42-43-45)23-9-7-22(8-10-23)16-44-19-39-28-31(37)40-33(38)41-32(28)44/h6-10,17,19-21,26,29-30,48H,1,11-16,18H2,2-5H3,(H4,37,38,40,41)/t20-,21+,26-,29+,30+,34-,35+,36+/m1/s1. The highest BCUT2D eigenvalue weighted by molar-refractivity contribution is 5.86. The summed E-state index contributed by atoms with van der Waals surface area (Å²) in [7, 11) is 0. The first-order valence-corrected chi connectivity index (χ1v) is 17.1. The fourth-order valence-corrected chi connectivity index (χ4v) is 9.41. The molecule has 2 bridgehead atoms. The maximum absolute atomic E-state index is 13.7. The number of aliphatic hydroxyl groups is 1. The van der Waals surface area contributed by atoms with Crippen LogP contribution in [0.15, 0.2) is 49.4 Å². The zero-order valence-corrected chi connectivity index (χ0v) is 28.5. The summed E-state index contributed by atoms with van der Waals surface area (Å²) >= 11 is 0. The average Bonchev–Trinajstić information content (AvgIpc) is 3.80. The van der Waals surface area contributed by atoms with E-state index in [1.807, 2.05) is 35.8 Å². The van der Waals surface area contributed by atoms with Crippen LogP contribution in [-0.4, -0.2) is 63.6 Å². The maximum Gasteiger partial charge on any atom is 0.328 e. The number of ketones is 1. The highest BCUT2D eigenvalue weighted by Gasteiger charge is 2.68. The number of esters is 1. The zero-order chi connectivity index (χ0) is 34.9. The molecule has 3 aliphatic rings. The molecule has 3 heterocycles. The van der Waals surface area contributed by atoms with Gasteiger partial charge in [-0.25, -0.2) is 9.67 Å². The molecule has 0 radical (unpaired) electrons. The molecule has 13 nitrogen and oxygen atoms in total. The van der Waals surface area contributed by atoms with E-state index in [4.69, 9.17) is 16.2 Å². The minimum atomic E-state index is -0.715. The van der Waals surface area contributed by atoms with Crippen molar-refractivity contribution in [3.8, 4) is 11.3 Å². The first kappa shape index (κ1) is 32.9. The lowest BCUT2D eigenvalue weighted by Gasteiger charge is -2.61. The molecule has 3 saturated carbocycles. The monoisotopic (exact) mass is 667 g/mol. The van der Waals surface area contributed by atoms with Crippen LogP contribution in [0.4, 0.5) is 11.8 Å². The predicted molar refractivity (Wildman–Crippen MR) is 183 cm³/mol. The van der Waals surface area contributed by atoms with Gasteiger partial charge in [0, 0.05) is 28.7 Å². The molecular formula is C36H45N9O4. The van der Waals surface area contributed by atoms with E-state index in [-0.39, 0.29) is 47.3 Å². The van der Waals surface area contributed by atoms with Gasteiger partial charge in [0.15, 0.2) is 11.5 Å². The number of carbonyl (C=O) groups excluding carboxylic acids is 2. The molecule has 0 unspecified atom stereocenters. The largest absolute Gasteiger partial charge is 0.460 e. The van der Waals surface area contributed by atoms with Gasteiger partial charge in [-0.2, -0.15) is 9.97 Å². The number of rotatable bonds is 7. The van der Waals surface area contributed by atoms with Crippen molar-refractivity contribution < 1.29 is 19.4 Å². The van der Waals surface area contributed by atoms with Gasteiger partial charge >= 0.3 is 5.97 Å². The molecule has 0 amide bonds. The van der Waals surface area contributed by atoms with Crippen LogP contribution in [0.1, 0.15) is 65.4 Å². The number of aromatic nitrogens is 7. The Morgan fingerprint density at radius 1 is 1.16 bits per heavy atom. The number of hydrogen-bond acceptors (Lipinski definition) is 11. The normalized spacial score (nSPS) is 32.8. The summed E-state index contributed by atoms with van der Waals surface area (Å²) in [4.78, 5) is 39.9. The maximum atomic E-state index is 13.7. The van der Waals surface area contributed by atoms with Gasteiger partial charge in [-0.05, 0) is 48.5 Å². The highest BCUT2D eigenvalue weighted by Crippen LogP contribution is 2.68. The minimum absolute atomic E-state index is 0.0860. The first-order valence-electron chi connectivity index (χ1n) is 17.1. The molecule has 5 N–H and O–H groups in total. The molecule has 3 aliphatic carbocycles. The summed E-state index contributed by atoms with van der Waals surface area (Å²) < 4.78 is 9.71. The molecule has 3 aromatic heterocycles. The van der Waals surface area contributed by atoms with Gasteiger partial charge in [-0.3, -0.25) is 9.59 Å². The van der Waals surface area contributed by atoms with Gasteiger partial charge in [0.25, 0.3) is 0 Å². The van der Waals surface area contributed by atoms with Crippen molar-refractivity contribution in [1.82, 2.24) is 34.5 Å². The molecule has 1 aromatic carbocycles. The molecule has 0 spiro atoms. The summed E-state index contributed by atoms with van der Waals surface area (Å²) in [6.07, 6.45) is 7.31. The van der Waals surface area contributed by atoms with E-state index >= 15 is 0 Å². The lowest BCUT2D eigenvalue weighted by molar-refractivity contribution is -0.207. The van der Waals surface area contributed by atoms with Crippen LogP contribution < -0.4 is 11.5 Å². The lowest BCUT2D eigenvalue weighted by atomic mass is 9.44. The quantitative estimate of drug-likeness (QED) is 0.189. The van der Waals surface area contributed by atoms with E-state index in [0.29, 0.717) is 36.2 Å². The van der Waals surface area contributed by atoms with Crippen LogP contribution in [-0.2, 0) is 27.4 Å². The summed E-state index contributed by atoms with van der Waals surface area (Å²) in [5.74, 6) is -0.119. The third kappa shape index (κ3) is 5.20. The number of carbonyl (C=O) groups is 2. The van der Waals surface area contributed by atoms with Gasteiger partial charge in [0.1, 0.15) is 29.6 Å². The molecule has 8 atom stereocenters. The zero-order valence-electron chi connectivity index (χ0n) is 28.5. The Morgan fingerprint density at radius 3 is 2.65 bits per heavy atom. The molecule has 13 heteroatoms. The Hall–Kier alpha value is -4.65. The second-order valence-corrected chi connectivity index (χ2v) is 15.1. The van der Waals surface area contributed by atoms with Crippen molar-refractivity contribution in [3.05, 3.63) is 55.0 Å². The van der Waals surface area contributed by atoms with E-state index in [1.54, 1.807) is 18.6 Å². The van der Waals surface area contributed by atoms with Crippen LogP contribution in [0.5, 0.6) is 0 Å². The fraction of sp³-hybridized carbons (Fsp3) is 0.528. The number of nitrogen functional groups attached to an aromatic ring is 2. The molecule has 0 saturated heterocycles. The smallest absolute Gasteiger partial charge is 0.328 e. The van der Waals surface area contributed by atoms with E-state index in [2.05, 4.69) is 52.6 Å². The first-order chi connectivity index (χ1) is 23.3. The Kier molecular flexibility index (Phi) is 7.88. The van der Waals surface area contributed by atoms with E-state index < -0.39 is 29.0 Å². The topological polar surface area (TPSA) is 190 Å². The van der Waals surface area contributed by atoms with Gasteiger partial charge in [-0.1, -0.05) is 63.2 Å². The SMILES string of the molecule is C=C[C@]1(C)C[C@@H](OC(=O)Cn2cc(-c3ccc(Cn4cnc5c(N)nc(N)nc54)cc3)nn2)[C@]2(C)[C@H](C)CC[C@]3(CCC(=O)[C@H]32)[C@@H](C)[C@@H]1O. The minimum Gasteiger partial charge on any atom is -0.460 e. The third-order valence-corrected chi connectivity index (χ3v) is 12.5. The summed E-state index contributed by atoms with van der Waals surface area (Å²) in [5.41, 5.74) is 13.6. The van der Waals surface area contributed by atoms with Crippen LogP contribution in [0.2, 0.25) is 0 Å². The van der Waals surface area contributed by atoms with Crippen molar-refractivity contribution >= 4 is 34.7 Å². The summed E-state index contributed by atoms with van der Waals surface area (Å²) in [5, 5.41) is 20.3. The Balaban J connectivity index is 1.09. The van der Waals surface area contributed by atoms with Crippen molar-refractivity contribution in [1.29, 1.82) is 0 Å². The lowest BCUT2D eigenvalue weighted by Crippen LogP contribution is -2.63. The fourth-order valence-electron chi connectivity index (χ4n) is 9.41. The van der Waals surface area contributed by atoms with Gasteiger partial charge in [0.05, 0.1) is 25.2 Å². The van der Waals surface area contributed by atoms with Crippen molar-refractivity contribution in [2.24, 2.45) is 34.0 Å². The molecule has 49 heavy (non-hydrogen) atoms. The molecule has 3 fully saturated rings. The third-order valence-electron chi connectivity index (χ3n) is 12.5. The number of hydrogen-bond donors (Lipinski definition) is 3. The molecule has 0 aliphatic heterocycles. The number of fused-ring (bicyclic) bond motifs is 1. The number of aliphatic hydroxyl groups excluding tert-OH is 1. The van der Waals surface area contributed by atoms with Gasteiger partial charge < -0.3 is 25.9 Å². The summed E-state index contributed by atoms with van der Waals surface area (Å²) in [6, 6.07) is 7.82. The number of anilines is 2. The van der Waals surface area contributed by atoms with Gasteiger partial charge in [0.2, 0.25) is 5.95 Å². The van der Waals surface area contributed by atoms with E-state index in [0.717, 1.165) is 30.4 Å². The van der Waals surface area contributed by atoms with Crippen molar-refractivity contribution in [2.75, 3.05) is 11.5 Å². The number of ether oxygens (including phenoxy) is 1. The predicted octanol–water partition coefficient (Wildman–Crippen LogP) is 4.20.